The Hall–Kier alpha value is -3.51. The van der Waals surface area contributed by atoms with Gasteiger partial charge in [0.15, 0.2) is 0 Å². The van der Waals surface area contributed by atoms with Crippen LogP contribution in [0, 0.1) is 0 Å². The van der Waals surface area contributed by atoms with Crippen molar-refractivity contribution in [2.24, 2.45) is 0 Å². The van der Waals surface area contributed by atoms with Crippen molar-refractivity contribution in [3.8, 4) is 0 Å². The first kappa shape index (κ1) is 28.6. The van der Waals surface area contributed by atoms with E-state index in [1.54, 1.807) is 6.92 Å². The third kappa shape index (κ3) is 78.5. The Morgan fingerprint density at radius 1 is 1.00 bits per heavy atom. The number of hydrogen-bond donors (Lipinski definition) is 4. The molecule has 0 rings (SSSR count). The SMILES string of the molecule is C=CF.CCOC(=O)OC.O=C(O)O.O=C(O)O/C=C/OC(=O)O. The lowest BCUT2D eigenvalue weighted by Crippen LogP contribution is -2.02. The van der Waals surface area contributed by atoms with E-state index in [0.717, 1.165) is 0 Å². The number of carbonyl (C=O) groups is 4. The maximum Gasteiger partial charge on any atom is 0.510 e. The molecule has 0 atom stereocenters. The molecule has 0 aliphatic heterocycles. The van der Waals surface area contributed by atoms with Crippen LogP contribution in [0.2, 0.25) is 0 Å². The first-order chi connectivity index (χ1) is 11.1. The van der Waals surface area contributed by atoms with Crippen LogP contribution in [0.25, 0.3) is 0 Å². The summed E-state index contributed by atoms with van der Waals surface area (Å²) in [7, 11) is 1.28. The van der Waals surface area contributed by atoms with Crippen molar-refractivity contribution in [3.05, 3.63) is 25.4 Å². The van der Waals surface area contributed by atoms with Crippen LogP contribution in [-0.2, 0) is 18.9 Å². The molecule has 0 amide bonds. The molecular weight excluding hydrogens is 343 g/mol. The normalized spacial score (nSPS) is 7.62. The predicted octanol–water partition coefficient (Wildman–Crippen LogP) is 2.96. The molecule has 0 radical (unpaired) electrons. The Bertz CT molecular complexity index is 370. The van der Waals surface area contributed by atoms with Crippen molar-refractivity contribution in [2.45, 2.75) is 6.92 Å². The molecule has 0 aromatic heterocycles. The monoisotopic (exact) mass is 360 g/mol. The van der Waals surface area contributed by atoms with Gasteiger partial charge in [-0.25, -0.2) is 23.6 Å². The van der Waals surface area contributed by atoms with Gasteiger partial charge in [-0.15, -0.1) is 0 Å². The lowest BCUT2D eigenvalue weighted by Gasteiger charge is -1.94. The minimum absolute atomic E-state index is 0.250. The summed E-state index contributed by atoms with van der Waals surface area (Å²) >= 11 is 0. The zero-order valence-electron chi connectivity index (χ0n) is 12.6. The fourth-order valence-electron chi connectivity index (χ4n) is 0.349. The molecule has 0 spiro atoms. The van der Waals surface area contributed by atoms with Gasteiger partial charge in [-0.3, -0.25) is 0 Å². The van der Waals surface area contributed by atoms with Crippen LogP contribution in [-0.4, -0.2) is 58.8 Å². The van der Waals surface area contributed by atoms with E-state index < -0.39 is 24.6 Å². The van der Waals surface area contributed by atoms with Gasteiger partial charge in [0, 0.05) is 0 Å². The van der Waals surface area contributed by atoms with Crippen LogP contribution in [0.1, 0.15) is 6.92 Å². The van der Waals surface area contributed by atoms with Gasteiger partial charge in [-0.05, 0) is 6.92 Å². The Labute approximate surface area is 134 Å². The average Bonchev–Trinajstić information content (AvgIpc) is 2.44. The molecule has 0 aliphatic rings. The average molecular weight is 360 g/mol. The Morgan fingerprint density at radius 3 is 1.42 bits per heavy atom. The van der Waals surface area contributed by atoms with Crippen LogP contribution in [0.5, 0.6) is 0 Å². The number of halogens is 1. The lowest BCUT2D eigenvalue weighted by molar-refractivity contribution is 0.0770. The zero-order valence-corrected chi connectivity index (χ0v) is 12.6. The topological polar surface area (TPSA) is 186 Å². The molecule has 4 N–H and O–H groups in total. The summed E-state index contributed by atoms with van der Waals surface area (Å²) in [4.78, 5) is 37.7. The molecule has 0 aliphatic carbocycles. The molecule has 0 fully saturated rings. The maximum absolute atomic E-state index is 10.1. The molecule has 0 bridgehead atoms. The summed E-state index contributed by atoms with van der Waals surface area (Å²) in [5.41, 5.74) is 0. The fraction of sp³-hybridized carbons (Fsp3) is 0.273. The molecule has 0 saturated carbocycles. The standard InChI is InChI=1S/C4H4O6.C4H8O3.C2H3F.CH2O3/c5-3(6)9-1-2-10-4(7)8;1-3-7-4(5)6-2;1-2-3;2-1(3)4/h1-2H,(H,5,6)(H,7,8);3H2,1-2H3;2H,1H2;(H2,2,3,4)/b2-1+;;;. The van der Waals surface area contributed by atoms with Crippen LogP contribution in [0.4, 0.5) is 23.6 Å². The fourth-order valence-corrected chi connectivity index (χ4v) is 0.349. The van der Waals surface area contributed by atoms with Crippen LogP contribution in [0.3, 0.4) is 0 Å². The van der Waals surface area contributed by atoms with E-state index in [4.69, 9.17) is 25.2 Å². The zero-order chi connectivity index (χ0) is 20.0. The van der Waals surface area contributed by atoms with E-state index in [0.29, 0.717) is 19.1 Å². The molecule has 13 heteroatoms. The van der Waals surface area contributed by atoms with E-state index in [1.807, 2.05) is 0 Å². The number of hydrogen-bond acceptors (Lipinski definition) is 8. The van der Waals surface area contributed by atoms with E-state index in [9.17, 15) is 18.8 Å². The molecule has 0 unspecified atom stereocenters. The Morgan fingerprint density at radius 2 is 1.29 bits per heavy atom. The number of carbonyl (C=O) groups excluding carboxylic acids is 1. The largest absolute Gasteiger partial charge is 0.510 e. The van der Waals surface area contributed by atoms with Gasteiger partial charge < -0.3 is 39.4 Å². The maximum atomic E-state index is 10.1. The van der Waals surface area contributed by atoms with Gasteiger partial charge in [0.05, 0.1) is 20.0 Å². The smallest absolute Gasteiger partial charge is 0.450 e. The molecule has 0 aromatic rings. The molecule has 140 valence electrons. The Kier molecular flexibility index (Phi) is 29.2. The highest BCUT2D eigenvalue weighted by molar-refractivity contribution is 5.59. The minimum atomic E-state index is -1.83. The lowest BCUT2D eigenvalue weighted by atomic mass is 10.9. The Balaban J connectivity index is -0.000000124. The molecular formula is C11H17FO12. The van der Waals surface area contributed by atoms with Crippen molar-refractivity contribution in [3.63, 3.8) is 0 Å². The highest BCUT2D eigenvalue weighted by atomic mass is 19.1. The number of carboxylic acid groups (broad SMARTS) is 4. The van der Waals surface area contributed by atoms with Crippen LogP contribution < -0.4 is 0 Å². The van der Waals surface area contributed by atoms with Gasteiger partial charge in [-0.2, -0.15) is 0 Å². The van der Waals surface area contributed by atoms with Gasteiger partial charge in [0.25, 0.3) is 0 Å². The highest BCUT2D eigenvalue weighted by Crippen LogP contribution is 1.81. The second-order valence-corrected chi connectivity index (χ2v) is 2.36. The summed E-state index contributed by atoms with van der Waals surface area (Å²) in [6.45, 7) is 4.78. The summed E-state index contributed by atoms with van der Waals surface area (Å²) in [5.74, 6) is 0. The third-order valence-electron chi connectivity index (χ3n) is 0.822. The molecule has 12 nitrogen and oxygen atoms in total. The second kappa shape index (κ2) is 24.5. The number of methoxy groups -OCH3 is 1. The van der Waals surface area contributed by atoms with Crippen LogP contribution in [0.15, 0.2) is 25.4 Å². The van der Waals surface area contributed by atoms with E-state index in [-0.39, 0.29) is 6.33 Å². The van der Waals surface area contributed by atoms with Crippen LogP contribution >= 0.6 is 0 Å². The number of rotatable bonds is 3. The van der Waals surface area contributed by atoms with E-state index in [2.05, 4.69) is 25.5 Å². The van der Waals surface area contributed by atoms with Crippen molar-refractivity contribution < 1.29 is 62.9 Å². The summed E-state index contributed by atoms with van der Waals surface area (Å²) < 4.78 is 26.0. The van der Waals surface area contributed by atoms with E-state index >= 15 is 0 Å². The molecule has 24 heavy (non-hydrogen) atoms. The van der Waals surface area contributed by atoms with Crippen molar-refractivity contribution in [2.75, 3.05) is 13.7 Å². The predicted molar refractivity (Wildman–Crippen MR) is 73.3 cm³/mol. The minimum Gasteiger partial charge on any atom is -0.450 e. The van der Waals surface area contributed by atoms with Gasteiger partial charge >= 0.3 is 24.6 Å². The van der Waals surface area contributed by atoms with Crippen molar-refractivity contribution >= 4 is 24.6 Å². The van der Waals surface area contributed by atoms with Gasteiger partial charge in [0.2, 0.25) is 0 Å². The molecule has 0 aromatic carbocycles. The van der Waals surface area contributed by atoms with Gasteiger partial charge in [0.1, 0.15) is 12.5 Å². The molecule has 0 saturated heterocycles. The molecule has 0 heterocycles. The van der Waals surface area contributed by atoms with Crippen molar-refractivity contribution in [1.29, 1.82) is 0 Å². The van der Waals surface area contributed by atoms with Gasteiger partial charge in [-0.1, -0.05) is 6.58 Å². The first-order valence-corrected chi connectivity index (χ1v) is 5.36. The first-order valence-electron chi connectivity index (χ1n) is 5.36. The van der Waals surface area contributed by atoms with Crippen molar-refractivity contribution in [1.82, 2.24) is 0 Å². The number of ether oxygens (including phenoxy) is 4. The highest BCUT2D eigenvalue weighted by Gasteiger charge is 1.93. The second-order valence-electron chi connectivity index (χ2n) is 2.36. The summed E-state index contributed by atoms with van der Waals surface area (Å²) in [6.07, 6.45) is -4.09. The van der Waals surface area contributed by atoms with E-state index in [1.165, 1.54) is 7.11 Å². The summed E-state index contributed by atoms with van der Waals surface area (Å²) in [5, 5.41) is 29.5. The third-order valence-corrected chi connectivity index (χ3v) is 0.822. The summed E-state index contributed by atoms with van der Waals surface area (Å²) in [6, 6.07) is 0. The quantitative estimate of drug-likeness (QED) is 0.328.